The Labute approximate surface area is 136 Å². The maximum absolute atomic E-state index is 13.5. The Balaban J connectivity index is 1.60. The molecule has 1 aliphatic rings. The van der Waals surface area contributed by atoms with Crippen molar-refractivity contribution in [3.8, 4) is 5.75 Å². The molecule has 0 spiro atoms. The van der Waals surface area contributed by atoms with E-state index in [0.717, 1.165) is 11.6 Å². The minimum atomic E-state index is -0.822. The Morgan fingerprint density at radius 2 is 2.04 bits per heavy atom. The highest BCUT2D eigenvalue weighted by molar-refractivity contribution is 5.95. The van der Waals surface area contributed by atoms with Crippen LogP contribution in [-0.2, 0) is 16.0 Å². The number of aryl methyl sites for hydroxylation is 1. The van der Waals surface area contributed by atoms with Gasteiger partial charge in [-0.1, -0.05) is 6.07 Å². The predicted molar refractivity (Wildman–Crippen MR) is 83.9 cm³/mol. The number of nitrogens with one attached hydrogen (secondary N) is 2. The van der Waals surface area contributed by atoms with Gasteiger partial charge in [-0.05, 0) is 36.2 Å². The zero-order valence-corrected chi connectivity index (χ0v) is 12.6. The van der Waals surface area contributed by atoms with Crippen LogP contribution in [0.1, 0.15) is 12.0 Å². The average Bonchev–Trinajstić information content (AvgIpc) is 2.55. The second kappa shape index (κ2) is 6.66. The standard InChI is InChI=1S/C17H14F2N2O3/c18-11-3-4-13(12(19)8-11)20-16(22)6-2-10-1-5-15-14(7-10)21-17(23)9-24-15/h1,3-5,7-8H,2,6,9H2,(H,20,22)(H,21,23). The molecule has 0 saturated carbocycles. The maximum Gasteiger partial charge on any atom is 0.262 e. The van der Waals surface area contributed by atoms with Crippen molar-refractivity contribution in [1.29, 1.82) is 0 Å². The van der Waals surface area contributed by atoms with E-state index in [1.165, 1.54) is 6.07 Å². The van der Waals surface area contributed by atoms with E-state index in [4.69, 9.17) is 4.74 Å². The molecule has 5 nitrogen and oxygen atoms in total. The second-order valence-corrected chi connectivity index (χ2v) is 5.34. The van der Waals surface area contributed by atoms with Gasteiger partial charge in [-0.3, -0.25) is 9.59 Å². The van der Waals surface area contributed by atoms with Crippen molar-refractivity contribution in [3.05, 3.63) is 53.6 Å². The van der Waals surface area contributed by atoms with E-state index in [1.807, 2.05) is 0 Å². The summed E-state index contributed by atoms with van der Waals surface area (Å²) in [6.45, 7) is -0.0159. The number of amides is 2. The predicted octanol–water partition coefficient (Wildman–Crippen LogP) is 2.87. The largest absolute Gasteiger partial charge is 0.482 e. The number of hydrogen-bond donors (Lipinski definition) is 2. The molecule has 0 aliphatic carbocycles. The summed E-state index contributed by atoms with van der Waals surface area (Å²) < 4.78 is 31.6. The highest BCUT2D eigenvalue weighted by Crippen LogP contribution is 2.28. The molecule has 1 heterocycles. The van der Waals surface area contributed by atoms with Crippen LogP contribution in [0.2, 0.25) is 0 Å². The van der Waals surface area contributed by atoms with Gasteiger partial charge >= 0.3 is 0 Å². The minimum absolute atomic E-state index is 0.0159. The first-order chi connectivity index (χ1) is 11.5. The molecular weight excluding hydrogens is 318 g/mol. The topological polar surface area (TPSA) is 67.4 Å². The molecule has 7 heteroatoms. The van der Waals surface area contributed by atoms with Gasteiger partial charge in [-0.25, -0.2) is 8.78 Å². The second-order valence-electron chi connectivity index (χ2n) is 5.34. The maximum atomic E-state index is 13.5. The first-order valence-corrected chi connectivity index (χ1v) is 7.32. The summed E-state index contributed by atoms with van der Waals surface area (Å²) >= 11 is 0. The SMILES string of the molecule is O=C(CCc1ccc2c(c1)NC(=O)CO2)Nc1ccc(F)cc1F. The molecule has 0 aromatic heterocycles. The Bertz CT molecular complexity index is 808. The van der Waals surface area contributed by atoms with Gasteiger partial charge in [0.05, 0.1) is 11.4 Å². The molecule has 1 aliphatic heterocycles. The molecule has 0 unspecified atom stereocenters. The van der Waals surface area contributed by atoms with Crippen LogP contribution in [0.5, 0.6) is 5.75 Å². The third kappa shape index (κ3) is 3.68. The normalized spacial score (nSPS) is 12.8. The molecule has 2 amide bonds. The summed E-state index contributed by atoms with van der Waals surface area (Å²) in [5.74, 6) is -1.57. The lowest BCUT2D eigenvalue weighted by Gasteiger charge is -2.18. The Kier molecular flexibility index (Phi) is 4.41. The van der Waals surface area contributed by atoms with Crippen molar-refractivity contribution in [2.45, 2.75) is 12.8 Å². The summed E-state index contributed by atoms with van der Waals surface area (Å²) in [4.78, 5) is 23.2. The van der Waals surface area contributed by atoms with E-state index in [2.05, 4.69) is 10.6 Å². The van der Waals surface area contributed by atoms with Crippen LogP contribution in [0, 0.1) is 11.6 Å². The van der Waals surface area contributed by atoms with Crippen molar-refractivity contribution in [2.24, 2.45) is 0 Å². The highest BCUT2D eigenvalue weighted by atomic mass is 19.1. The fourth-order valence-electron chi connectivity index (χ4n) is 2.35. The third-order valence-electron chi connectivity index (χ3n) is 3.52. The molecule has 0 fully saturated rings. The Hall–Kier alpha value is -2.96. The van der Waals surface area contributed by atoms with Crippen LogP contribution >= 0.6 is 0 Å². The smallest absolute Gasteiger partial charge is 0.262 e. The summed E-state index contributed by atoms with van der Waals surface area (Å²) in [5, 5.41) is 5.09. The molecule has 24 heavy (non-hydrogen) atoms. The molecule has 2 aromatic rings. The highest BCUT2D eigenvalue weighted by Gasteiger charge is 2.16. The summed E-state index contributed by atoms with van der Waals surface area (Å²) in [5.41, 5.74) is 1.33. The van der Waals surface area contributed by atoms with Crippen molar-refractivity contribution >= 4 is 23.2 Å². The fourth-order valence-corrected chi connectivity index (χ4v) is 2.35. The number of carbonyl (C=O) groups excluding carboxylic acids is 2. The first-order valence-electron chi connectivity index (χ1n) is 7.32. The van der Waals surface area contributed by atoms with Gasteiger partial charge in [0.1, 0.15) is 17.4 Å². The minimum Gasteiger partial charge on any atom is -0.482 e. The van der Waals surface area contributed by atoms with Crippen molar-refractivity contribution < 1.29 is 23.1 Å². The van der Waals surface area contributed by atoms with Crippen LogP contribution in [0.3, 0.4) is 0 Å². The molecule has 3 rings (SSSR count). The first kappa shape index (κ1) is 15.9. The fraction of sp³-hybridized carbons (Fsp3) is 0.176. The monoisotopic (exact) mass is 332 g/mol. The van der Waals surface area contributed by atoms with E-state index in [1.54, 1.807) is 18.2 Å². The zero-order valence-electron chi connectivity index (χ0n) is 12.6. The van der Waals surface area contributed by atoms with Crippen LogP contribution < -0.4 is 15.4 Å². The van der Waals surface area contributed by atoms with Gasteiger partial charge in [0.2, 0.25) is 5.91 Å². The number of ether oxygens (including phenoxy) is 1. The number of halogens is 2. The summed E-state index contributed by atoms with van der Waals surface area (Å²) in [7, 11) is 0. The average molecular weight is 332 g/mol. The van der Waals surface area contributed by atoms with Crippen molar-refractivity contribution in [2.75, 3.05) is 17.2 Å². The molecule has 124 valence electrons. The van der Waals surface area contributed by atoms with Gasteiger partial charge in [0.15, 0.2) is 6.61 Å². The number of fused-ring (bicyclic) bond motifs is 1. The lowest BCUT2D eigenvalue weighted by Crippen LogP contribution is -2.25. The zero-order chi connectivity index (χ0) is 17.1. The van der Waals surface area contributed by atoms with Crippen LogP contribution in [-0.4, -0.2) is 18.4 Å². The number of carbonyl (C=O) groups is 2. The van der Waals surface area contributed by atoms with Gasteiger partial charge in [0.25, 0.3) is 5.91 Å². The Morgan fingerprint density at radius 3 is 2.83 bits per heavy atom. The molecule has 0 atom stereocenters. The van der Waals surface area contributed by atoms with Crippen molar-refractivity contribution in [1.82, 2.24) is 0 Å². The molecule has 2 aromatic carbocycles. The quantitative estimate of drug-likeness (QED) is 0.905. The molecule has 0 saturated heterocycles. The lowest BCUT2D eigenvalue weighted by molar-refractivity contribution is -0.118. The van der Waals surface area contributed by atoms with Crippen LogP contribution in [0.15, 0.2) is 36.4 Å². The molecule has 0 radical (unpaired) electrons. The number of benzene rings is 2. The van der Waals surface area contributed by atoms with E-state index < -0.39 is 17.5 Å². The number of rotatable bonds is 4. The van der Waals surface area contributed by atoms with Gasteiger partial charge in [0, 0.05) is 12.5 Å². The van der Waals surface area contributed by atoms with Crippen LogP contribution in [0.4, 0.5) is 20.2 Å². The lowest BCUT2D eigenvalue weighted by atomic mass is 10.1. The molecule has 0 bridgehead atoms. The van der Waals surface area contributed by atoms with E-state index >= 15 is 0 Å². The molecule has 2 N–H and O–H groups in total. The van der Waals surface area contributed by atoms with E-state index in [9.17, 15) is 18.4 Å². The Morgan fingerprint density at radius 1 is 1.21 bits per heavy atom. The summed E-state index contributed by atoms with van der Waals surface area (Å²) in [6.07, 6.45) is 0.516. The van der Waals surface area contributed by atoms with E-state index in [-0.39, 0.29) is 24.6 Å². The number of hydrogen-bond acceptors (Lipinski definition) is 3. The van der Waals surface area contributed by atoms with Gasteiger partial charge in [-0.15, -0.1) is 0 Å². The van der Waals surface area contributed by atoms with Gasteiger partial charge < -0.3 is 15.4 Å². The summed E-state index contributed by atoms with van der Waals surface area (Å²) in [6, 6.07) is 8.21. The molecular formula is C17H14F2N2O3. The van der Waals surface area contributed by atoms with Gasteiger partial charge in [-0.2, -0.15) is 0 Å². The number of anilines is 2. The van der Waals surface area contributed by atoms with Crippen LogP contribution in [0.25, 0.3) is 0 Å². The third-order valence-corrected chi connectivity index (χ3v) is 3.52. The van der Waals surface area contributed by atoms with Crippen molar-refractivity contribution in [3.63, 3.8) is 0 Å². The van der Waals surface area contributed by atoms with E-state index in [0.29, 0.717) is 23.9 Å².